The van der Waals surface area contributed by atoms with Crippen molar-refractivity contribution in [3.8, 4) is 0 Å². The Labute approximate surface area is 87.2 Å². The minimum atomic E-state index is 0.670. The third-order valence-corrected chi connectivity index (χ3v) is 2.82. The molecule has 15 heavy (non-hydrogen) atoms. The van der Waals surface area contributed by atoms with Gasteiger partial charge in [0.1, 0.15) is 12.6 Å². The lowest BCUT2D eigenvalue weighted by Gasteiger charge is -2.02. The Bertz CT molecular complexity index is 556. The van der Waals surface area contributed by atoms with Crippen LogP contribution in [-0.4, -0.2) is 27.0 Å². The van der Waals surface area contributed by atoms with Crippen LogP contribution in [0.4, 0.5) is 0 Å². The second-order valence-corrected chi connectivity index (χ2v) is 3.75. The summed E-state index contributed by atoms with van der Waals surface area (Å²) in [5.74, 6) is 0. The Kier molecular flexibility index (Phi) is 2.03. The first-order valence-corrected chi connectivity index (χ1v) is 4.75. The third-order valence-electron chi connectivity index (χ3n) is 2.82. The molecule has 0 fully saturated rings. The summed E-state index contributed by atoms with van der Waals surface area (Å²) in [5.41, 5.74) is 4.97. The molecule has 0 spiro atoms. The fraction of sp³-hybridized carbons (Fsp3) is 0.400. The first-order chi connectivity index (χ1) is 7.02. The molecule has 0 N–H and O–H groups in total. The van der Waals surface area contributed by atoms with Crippen molar-refractivity contribution in [2.75, 3.05) is 7.05 Å². The first kappa shape index (κ1) is 9.76. The van der Waals surface area contributed by atoms with Crippen LogP contribution in [0, 0.1) is 25.7 Å². The van der Waals surface area contributed by atoms with Crippen LogP contribution < -0.4 is 0 Å². The van der Waals surface area contributed by atoms with Crippen molar-refractivity contribution >= 4 is 11.0 Å². The zero-order valence-corrected chi connectivity index (χ0v) is 9.27. The van der Waals surface area contributed by atoms with E-state index in [4.69, 9.17) is 0 Å². The van der Waals surface area contributed by atoms with Crippen molar-refractivity contribution in [1.29, 1.82) is 0 Å². The highest BCUT2D eigenvalue weighted by atomic mass is 16.3. The number of hydrogen-bond acceptors (Lipinski definition) is 3. The lowest BCUT2D eigenvalue weighted by molar-refractivity contribution is -0.585. The van der Waals surface area contributed by atoms with Crippen LogP contribution in [0.15, 0.2) is 6.07 Å². The molecule has 0 aliphatic carbocycles. The average molecular weight is 205 g/mol. The Morgan fingerprint density at radius 3 is 2.53 bits per heavy atom. The summed E-state index contributed by atoms with van der Waals surface area (Å²) in [6.45, 7) is 6.06. The highest BCUT2D eigenvalue weighted by Crippen LogP contribution is 2.22. The van der Waals surface area contributed by atoms with Gasteiger partial charge in [0.2, 0.25) is 0 Å². The zero-order chi connectivity index (χ0) is 11.2. The van der Waals surface area contributed by atoms with Gasteiger partial charge in [-0.05, 0) is 53.5 Å². The maximum Gasteiger partial charge on any atom is 0.182 e. The van der Waals surface area contributed by atoms with Crippen molar-refractivity contribution in [2.24, 2.45) is 0 Å². The van der Waals surface area contributed by atoms with E-state index < -0.39 is 0 Å². The molecule has 0 unspecified atom stereocenters. The van der Waals surface area contributed by atoms with Gasteiger partial charge in [-0.25, -0.2) is 0 Å². The smallest absolute Gasteiger partial charge is 0.0454 e. The van der Waals surface area contributed by atoms with Crippen LogP contribution >= 0.6 is 0 Å². The van der Waals surface area contributed by atoms with Crippen molar-refractivity contribution in [3.63, 3.8) is 0 Å². The summed E-state index contributed by atoms with van der Waals surface area (Å²) in [4.78, 5) is 13.1. The zero-order valence-electron chi connectivity index (χ0n) is 9.27. The second-order valence-electron chi connectivity index (χ2n) is 3.75. The molecular formula is C10H13N4O+. The van der Waals surface area contributed by atoms with E-state index >= 15 is 0 Å². The highest BCUT2D eigenvalue weighted by Gasteiger charge is 2.18. The molecule has 1 heterocycles. The van der Waals surface area contributed by atoms with E-state index in [1.807, 2.05) is 26.8 Å². The molecule has 0 saturated heterocycles. The molecule has 0 aliphatic rings. The van der Waals surface area contributed by atoms with E-state index in [1.54, 1.807) is 0 Å². The van der Waals surface area contributed by atoms with Gasteiger partial charge in [-0.3, -0.25) is 0 Å². The Balaban J connectivity index is 2.89. The maximum atomic E-state index is 11.2. The summed E-state index contributed by atoms with van der Waals surface area (Å²) >= 11 is 0. The SMILES string of the molecule is Cc1cc2c(nnn2[N+](C)=O)c(C)c1C. The average Bonchev–Trinajstić information content (AvgIpc) is 2.58. The predicted molar refractivity (Wildman–Crippen MR) is 56.7 cm³/mol. The molecule has 2 rings (SSSR count). The van der Waals surface area contributed by atoms with Crippen LogP contribution in [0.5, 0.6) is 0 Å². The first-order valence-electron chi connectivity index (χ1n) is 4.75. The number of benzene rings is 1. The van der Waals surface area contributed by atoms with Crippen molar-refractivity contribution in [3.05, 3.63) is 27.7 Å². The van der Waals surface area contributed by atoms with Gasteiger partial charge >= 0.3 is 0 Å². The van der Waals surface area contributed by atoms with Crippen molar-refractivity contribution < 1.29 is 4.87 Å². The molecule has 0 amide bonds. The second kappa shape index (κ2) is 3.12. The van der Waals surface area contributed by atoms with E-state index in [2.05, 4.69) is 10.3 Å². The summed E-state index contributed by atoms with van der Waals surface area (Å²) in [6, 6.07) is 1.94. The number of hydrogen-bond donors (Lipinski definition) is 0. The summed E-state index contributed by atoms with van der Waals surface area (Å²) in [7, 11) is 1.40. The minimum Gasteiger partial charge on any atom is -0.0454 e. The molecule has 1 aromatic heterocycles. The van der Waals surface area contributed by atoms with Gasteiger partial charge in [-0.15, -0.1) is 0 Å². The van der Waals surface area contributed by atoms with Gasteiger partial charge < -0.3 is 0 Å². The summed E-state index contributed by atoms with van der Waals surface area (Å²) < 4.78 is 0. The largest absolute Gasteiger partial charge is 0.182 e. The minimum absolute atomic E-state index is 0.670. The van der Waals surface area contributed by atoms with Gasteiger partial charge in [0.05, 0.1) is 9.66 Å². The number of aryl methyl sites for hydroxylation is 2. The monoisotopic (exact) mass is 205 g/mol. The molecule has 0 saturated carbocycles. The standard InChI is InChI=1S/C10H13N4O/c1-6-5-9-10(8(3)7(6)2)11-12-14(9)13(4)15/h5H,1-4H3/q+1. The molecule has 5 heteroatoms. The Morgan fingerprint density at radius 2 is 1.93 bits per heavy atom. The molecule has 2 aromatic rings. The highest BCUT2D eigenvalue weighted by molar-refractivity contribution is 5.80. The van der Waals surface area contributed by atoms with E-state index in [-0.39, 0.29) is 0 Å². The maximum absolute atomic E-state index is 11.2. The number of aromatic nitrogens is 3. The Hall–Kier alpha value is -1.78. The van der Waals surface area contributed by atoms with Crippen LogP contribution in [0.2, 0.25) is 0 Å². The Morgan fingerprint density at radius 1 is 1.27 bits per heavy atom. The number of fused-ring (bicyclic) bond motifs is 1. The van der Waals surface area contributed by atoms with E-state index in [0.717, 1.165) is 22.2 Å². The molecule has 0 radical (unpaired) electrons. The predicted octanol–water partition coefficient (Wildman–Crippen LogP) is 1.53. The number of nitrogens with zero attached hydrogens (tertiary/aromatic N) is 4. The lowest BCUT2D eigenvalue weighted by atomic mass is 10.0. The quantitative estimate of drug-likeness (QED) is 0.663. The van der Waals surface area contributed by atoms with Crippen LogP contribution in [0.25, 0.3) is 11.0 Å². The topological polar surface area (TPSA) is 50.8 Å². The van der Waals surface area contributed by atoms with Gasteiger partial charge in [-0.1, -0.05) is 0 Å². The number of rotatable bonds is 1. The third kappa shape index (κ3) is 1.31. The van der Waals surface area contributed by atoms with Crippen molar-refractivity contribution in [1.82, 2.24) is 15.1 Å². The molecule has 5 nitrogen and oxygen atoms in total. The molecule has 0 bridgehead atoms. The number of nitroso groups, excluding NO2 is 1. The lowest BCUT2D eigenvalue weighted by Crippen LogP contribution is -2.12. The summed E-state index contributed by atoms with van der Waals surface area (Å²) in [6.07, 6.45) is 0. The van der Waals surface area contributed by atoms with Gasteiger partial charge in [-0.2, -0.15) is 0 Å². The fourth-order valence-electron chi connectivity index (χ4n) is 1.67. The van der Waals surface area contributed by atoms with Crippen molar-refractivity contribution in [2.45, 2.75) is 20.8 Å². The van der Waals surface area contributed by atoms with Gasteiger partial charge in [0.25, 0.3) is 0 Å². The van der Waals surface area contributed by atoms with Crippen LogP contribution in [0.3, 0.4) is 0 Å². The molecule has 1 aromatic carbocycles. The molecule has 0 aliphatic heterocycles. The van der Waals surface area contributed by atoms with Crippen LogP contribution in [-0.2, 0) is 0 Å². The molecule has 78 valence electrons. The van der Waals surface area contributed by atoms with Crippen LogP contribution in [0.1, 0.15) is 16.7 Å². The van der Waals surface area contributed by atoms with Gasteiger partial charge in [0.15, 0.2) is 10.7 Å². The molecule has 0 atom stereocenters. The van der Waals surface area contributed by atoms with E-state index in [1.165, 1.54) is 17.4 Å². The normalized spacial score (nSPS) is 10.9. The fourth-order valence-corrected chi connectivity index (χ4v) is 1.67. The molecular weight excluding hydrogens is 192 g/mol. The van der Waals surface area contributed by atoms with E-state index in [9.17, 15) is 4.91 Å². The summed E-state index contributed by atoms with van der Waals surface area (Å²) in [5, 5.41) is 7.83. The van der Waals surface area contributed by atoms with E-state index in [0.29, 0.717) is 4.87 Å². The van der Waals surface area contributed by atoms with Gasteiger partial charge in [0, 0.05) is 0 Å².